The van der Waals surface area contributed by atoms with Crippen LogP contribution in [-0.4, -0.2) is 67.2 Å². The van der Waals surface area contributed by atoms with Gasteiger partial charge in [-0.25, -0.2) is 4.79 Å². The van der Waals surface area contributed by atoms with Crippen molar-refractivity contribution in [3.8, 4) is 0 Å². The van der Waals surface area contributed by atoms with E-state index in [-0.39, 0.29) is 42.2 Å². The van der Waals surface area contributed by atoms with E-state index in [0.29, 0.717) is 32.2 Å². The molecule has 8 nitrogen and oxygen atoms in total. The number of guanidine groups is 1. The van der Waals surface area contributed by atoms with Crippen molar-refractivity contribution >= 4 is 36.0 Å². The molecular weight excluding hydrogens is 473 g/mol. The van der Waals surface area contributed by atoms with Gasteiger partial charge in [-0.1, -0.05) is 0 Å². The fourth-order valence-corrected chi connectivity index (χ4v) is 3.78. The predicted molar refractivity (Wildman–Crippen MR) is 119 cm³/mol. The van der Waals surface area contributed by atoms with Crippen LogP contribution in [0.5, 0.6) is 0 Å². The first-order valence-corrected chi connectivity index (χ1v) is 9.93. The molecule has 0 aromatic carbocycles. The number of rotatable bonds is 6. The van der Waals surface area contributed by atoms with E-state index in [1.165, 1.54) is 12.8 Å². The highest BCUT2D eigenvalue weighted by atomic mass is 127. The average molecular weight is 505 g/mol. The van der Waals surface area contributed by atoms with Crippen molar-refractivity contribution in [3.63, 3.8) is 0 Å². The lowest BCUT2D eigenvalue weighted by Gasteiger charge is -2.32. The standard InChI is InChI=1S/C19H31N5O3.HI/c1-2-26-19(25)24-11-7-15(8-12-24)22-18(20)21-14-16(17-6-5-13-27-17)23-9-3-4-10-23;/h5-6,13,15-16H,2-4,7-12,14H2,1H3,(H3,20,21,22);1H. The fraction of sp³-hybridized carbons (Fsp3) is 0.684. The fourth-order valence-electron chi connectivity index (χ4n) is 3.78. The highest BCUT2D eigenvalue weighted by Crippen LogP contribution is 2.25. The quantitative estimate of drug-likeness (QED) is 0.351. The lowest BCUT2D eigenvalue weighted by atomic mass is 10.1. The molecule has 3 rings (SSSR count). The van der Waals surface area contributed by atoms with E-state index in [4.69, 9.17) is 14.9 Å². The summed E-state index contributed by atoms with van der Waals surface area (Å²) in [7, 11) is 0. The van der Waals surface area contributed by atoms with Gasteiger partial charge in [0.1, 0.15) is 5.76 Å². The number of carbonyl (C=O) groups is 1. The van der Waals surface area contributed by atoms with Crippen molar-refractivity contribution in [2.45, 2.75) is 44.7 Å². The zero-order valence-corrected chi connectivity index (χ0v) is 18.8. The molecule has 0 aliphatic carbocycles. The molecule has 0 radical (unpaired) electrons. The number of halogens is 1. The van der Waals surface area contributed by atoms with E-state index in [1.807, 2.05) is 19.1 Å². The van der Waals surface area contributed by atoms with Gasteiger partial charge in [-0.05, 0) is 57.8 Å². The van der Waals surface area contributed by atoms with Gasteiger partial charge >= 0.3 is 6.09 Å². The zero-order chi connectivity index (χ0) is 19.1. The number of ether oxygens (including phenoxy) is 1. The van der Waals surface area contributed by atoms with Crippen LogP contribution >= 0.6 is 24.0 Å². The molecule has 2 aliphatic heterocycles. The third kappa shape index (κ3) is 6.26. The van der Waals surface area contributed by atoms with Crippen molar-refractivity contribution < 1.29 is 13.9 Å². The van der Waals surface area contributed by atoms with Crippen molar-refractivity contribution in [1.82, 2.24) is 15.1 Å². The normalized spacial score (nSPS) is 19.9. The topological polar surface area (TPSA) is 96.3 Å². The van der Waals surface area contributed by atoms with Crippen LogP contribution in [0.15, 0.2) is 27.8 Å². The maximum atomic E-state index is 11.8. The molecular formula is C19H32IN5O3. The van der Waals surface area contributed by atoms with Gasteiger partial charge in [-0.15, -0.1) is 24.0 Å². The molecule has 1 aromatic rings. The van der Waals surface area contributed by atoms with Gasteiger partial charge in [-0.2, -0.15) is 0 Å². The molecule has 9 heteroatoms. The number of amides is 1. The second-order valence-corrected chi connectivity index (χ2v) is 7.10. The Labute approximate surface area is 183 Å². The number of aliphatic imine (C=N–C) groups is 1. The molecule has 2 fully saturated rings. The predicted octanol–water partition coefficient (Wildman–Crippen LogP) is 2.56. The van der Waals surface area contributed by atoms with Gasteiger partial charge in [0.25, 0.3) is 0 Å². The monoisotopic (exact) mass is 505 g/mol. The van der Waals surface area contributed by atoms with Gasteiger partial charge in [0.15, 0.2) is 5.96 Å². The molecule has 0 spiro atoms. The Kier molecular flexibility index (Phi) is 9.36. The summed E-state index contributed by atoms with van der Waals surface area (Å²) in [5.74, 6) is 1.40. The highest BCUT2D eigenvalue weighted by Gasteiger charge is 2.26. The SMILES string of the molecule is CCOC(=O)N1CCC(NC(N)=NCC(c2ccco2)N2CCCC2)CC1.I. The van der Waals surface area contributed by atoms with Crippen LogP contribution in [0.3, 0.4) is 0 Å². The number of nitrogens with two attached hydrogens (primary N) is 1. The summed E-state index contributed by atoms with van der Waals surface area (Å²) in [6, 6.07) is 4.29. The first-order chi connectivity index (χ1) is 13.2. The maximum absolute atomic E-state index is 11.8. The van der Waals surface area contributed by atoms with Crippen molar-refractivity contribution in [2.24, 2.45) is 10.7 Å². The number of piperidine rings is 1. The lowest BCUT2D eigenvalue weighted by molar-refractivity contribution is 0.0963. The van der Waals surface area contributed by atoms with Crippen LogP contribution in [0.1, 0.15) is 44.4 Å². The van der Waals surface area contributed by atoms with Gasteiger partial charge < -0.3 is 25.1 Å². The molecule has 3 heterocycles. The van der Waals surface area contributed by atoms with E-state index in [1.54, 1.807) is 11.2 Å². The summed E-state index contributed by atoms with van der Waals surface area (Å²) in [6.07, 6.45) is 5.58. The smallest absolute Gasteiger partial charge is 0.409 e. The first kappa shape index (κ1) is 22.8. The minimum atomic E-state index is -0.232. The largest absolute Gasteiger partial charge is 0.468 e. The number of furan rings is 1. The maximum Gasteiger partial charge on any atom is 0.409 e. The summed E-state index contributed by atoms with van der Waals surface area (Å²) in [4.78, 5) is 20.5. The van der Waals surface area contributed by atoms with E-state index < -0.39 is 0 Å². The second kappa shape index (κ2) is 11.5. The van der Waals surface area contributed by atoms with E-state index in [0.717, 1.165) is 31.7 Å². The Balaban J connectivity index is 0.00000280. The molecule has 1 amide bonds. The number of nitrogens with zero attached hydrogens (tertiary/aromatic N) is 3. The van der Waals surface area contributed by atoms with Gasteiger partial charge in [0.2, 0.25) is 0 Å². The van der Waals surface area contributed by atoms with Crippen molar-refractivity contribution in [3.05, 3.63) is 24.2 Å². The molecule has 1 aromatic heterocycles. The van der Waals surface area contributed by atoms with Crippen molar-refractivity contribution in [2.75, 3.05) is 39.3 Å². The van der Waals surface area contributed by atoms with Gasteiger partial charge in [0.05, 0.1) is 25.5 Å². The van der Waals surface area contributed by atoms with Gasteiger partial charge in [0, 0.05) is 19.1 Å². The third-order valence-corrected chi connectivity index (χ3v) is 5.26. The third-order valence-electron chi connectivity index (χ3n) is 5.26. The molecule has 1 atom stereocenters. The van der Waals surface area contributed by atoms with Crippen LogP contribution in [0.4, 0.5) is 4.79 Å². The van der Waals surface area contributed by atoms with Crippen LogP contribution < -0.4 is 11.1 Å². The molecule has 0 saturated carbocycles. The Morgan fingerprint density at radius 3 is 2.68 bits per heavy atom. The Hall–Kier alpha value is -1.49. The molecule has 2 saturated heterocycles. The number of hydrogen-bond acceptors (Lipinski definition) is 5. The summed E-state index contributed by atoms with van der Waals surface area (Å²) in [5, 5.41) is 3.30. The zero-order valence-electron chi connectivity index (χ0n) is 16.5. The summed E-state index contributed by atoms with van der Waals surface area (Å²) in [6.45, 7) is 6.29. The Bertz CT molecular complexity index is 611. The highest BCUT2D eigenvalue weighted by molar-refractivity contribution is 14.0. The molecule has 1 unspecified atom stereocenters. The van der Waals surface area contributed by atoms with Gasteiger partial charge in [-0.3, -0.25) is 9.89 Å². The summed E-state index contributed by atoms with van der Waals surface area (Å²) in [5.41, 5.74) is 6.13. The van der Waals surface area contributed by atoms with Crippen LogP contribution in [0.25, 0.3) is 0 Å². The Morgan fingerprint density at radius 2 is 2.07 bits per heavy atom. The number of likely N-dealkylation sites (tertiary alicyclic amines) is 2. The Morgan fingerprint density at radius 1 is 1.36 bits per heavy atom. The summed E-state index contributed by atoms with van der Waals surface area (Å²) < 4.78 is 10.7. The minimum Gasteiger partial charge on any atom is -0.468 e. The molecule has 3 N–H and O–H groups in total. The molecule has 28 heavy (non-hydrogen) atoms. The van der Waals surface area contributed by atoms with E-state index >= 15 is 0 Å². The number of carbonyl (C=O) groups excluding carboxylic acids is 1. The molecule has 158 valence electrons. The molecule has 2 aliphatic rings. The van der Waals surface area contributed by atoms with Crippen LogP contribution in [0, 0.1) is 0 Å². The van der Waals surface area contributed by atoms with Crippen LogP contribution in [0.2, 0.25) is 0 Å². The van der Waals surface area contributed by atoms with Crippen LogP contribution in [-0.2, 0) is 4.74 Å². The number of nitrogens with one attached hydrogen (secondary N) is 1. The minimum absolute atomic E-state index is 0. The summed E-state index contributed by atoms with van der Waals surface area (Å²) >= 11 is 0. The van der Waals surface area contributed by atoms with Crippen molar-refractivity contribution in [1.29, 1.82) is 0 Å². The first-order valence-electron chi connectivity index (χ1n) is 9.93. The number of hydrogen-bond donors (Lipinski definition) is 2. The second-order valence-electron chi connectivity index (χ2n) is 7.10. The van der Waals surface area contributed by atoms with E-state index in [9.17, 15) is 4.79 Å². The van der Waals surface area contributed by atoms with E-state index in [2.05, 4.69) is 15.2 Å². The molecule has 0 bridgehead atoms. The average Bonchev–Trinajstić information content (AvgIpc) is 3.37. The lowest BCUT2D eigenvalue weighted by Crippen LogP contribution is -2.48.